The second-order valence-electron chi connectivity index (χ2n) is 8.10. The van der Waals surface area contributed by atoms with Crippen LogP contribution in [0.4, 0.5) is 5.69 Å². The van der Waals surface area contributed by atoms with Crippen molar-refractivity contribution in [1.82, 2.24) is 4.90 Å². The molecular weight excluding hydrogens is 336 g/mol. The SMILES string of the molecule is Cc1ccc2c(c1)C(=O)C(=O)N2CN(Cc1ccc(C(C)C)cc1)C1CC1. The van der Waals surface area contributed by atoms with Crippen LogP contribution in [0.2, 0.25) is 0 Å². The monoisotopic (exact) mass is 362 g/mol. The maximum Gasteiger partial charge on any atom is 0.300 e. The molecule has 2 aliphatic rings. The third-order valence-corrected chi connectivity index (χ3v) is 5.55. The first kappa shape index (κ1) is 17.9. The number of hydrogen-bond donors (Lipinski definition) is 0. The van der Waals surface area contributed by atoms with E-state index in [2.05, 4.69) is 43.0 Å². The zero-order valence-electron chi connectivity index (χ0n) is 16.2. The molecule has 0 unspecified atom stereocenters. The minimum atomic E-state index is -0.406. The summed E-state index contributed by atoms with van der Waals surface area (Å²) in [5.74, 6) is -0.270. The number of carbonyl (C=O) groups excluding carboxylic acids is 2. The molecule has 0 saturated heterocycles. The number of rotatable bonds is 6. The number of hydrogen-bond acceptors (Lipinski definition) is 3. The van der Waals surface area contributed by atoms with Crippen molar-refractivity contribution in [3.63, 3.8) is 0 Å². The van der Waals surface area contributed by atoms with Crippen LogP contribution in [-0.2, 0) is 11.3 Å². The lowest BCUT2D eigenvalue weighted by Gasteiger charge is -2.28. The fourth-order valence-electron chi connectivity index (χ4n) is 3.71. The summed E-state index contributed by atoms with van der Waals surface area (Å²) in [4.78, 5) is 28.9. The maximum atomic E-state index is 12.6. The van der Waals surface area contributed by atoms with Crippen LogP contribution < -0.4 is 4.90 Å². The van der Waals surface area contributed by atoms with Gasteiger partial charge in [0, 0.05) is 12.6 Å². The largest absolute Gasteiger partial charge is 0.300 e. The predicted octanol–water partition coefficient (Wildman–Crippen LogP) is 4.27. The van der Waals surface area contributed by atoms with E-state index < -0.39 is 5.91 Å². The highest BCUT2D eigenvalue weighted by Gasteiger charge is 2.39. The summed E-state index contributed by atoms with van der Waals surface area (Å²) in [6, 6.07) is 14.9. The number of aryl methyl sites for hydroxylation is 1. The van der Waals surface area contributed by atoms with Crippen LogP contribution in [0.15, 0.2) is 42.5 Å². The van der Waals surface area contributed by atoms with Gasteiger partial charge in [0.1, 0.15) is 0 Å². The molecule has 0 atom stereocenters. The molecule has 1 saturated carbocycles. The van der Waals surface area contributed by atoms with Gasteiger partial charge in [0.05, 0.1) is 17.9 Å². The molecule has 1 amide bonds. The Morgan fingerprint density at radius 3 is 2.41 bits per heavy atom. The van der Waals surface area contributed by atoms with Gasteiger partial charge < -0.3 is 0 Å². The van der Waals surface area contributed by atoms with Crippen molar-refractivity contribution in [1.29, 1.82) is 0 Å². The Kier molecular flexibility index (Phi) is 4.60. The molecule has 1 aliphatic carbocycles. The zero-order valence-corrected chi connectivity index (χ0v) is 16.2. The number of amides is 1. The van der Waals surface area contributed by atoms with Gasteiger partial charge in [-0.2, -0.15) is 0 Å². The van der Waals surface area contributed by atoms with E-state index in [-0.39, 0.29) is 5.78 Å². The molecule has 4 nitrogen and oxygen atoms in total. The number of nitrogens with zero attached hydrogens (tertiary/aromatic N) is 2. The molecule has 1 fully saturated rings. The highest BCUT2D eigenvalue weighted by Crippen LogP contribution is 2.33. The van der Waals surface area contributed by atoms with E-state index in [0.717, 1.165) is 30.6 Å². The van der Waals surface area contributed by atoms with Gasteiger partial charge in [0.15, 0.2) is 0 Å². The second kappa shape index (κ2) is 6.93. The van der Waals surface area contributed by atoms with Gasteiger partial charge in [0.2, 0.25) is 0 Å². The number of Topliss-reactive ketones (excluding diaryl/α,β-unsaturated/α-hetero) is 1. The third kappa shape index (κ3) is 3.54. The van der Waals surface area contributed by atoms with Crippen LogP contribution in [0.3, 0.4) is 0 Å². The van der Waals surface area contributed by atoms with Gasteiger partial charge in [-0.3, -0.25) is 19.4 Å². The first-order valence-corrected chi connectivity index (χ1v) is 9.74. The van der Waals surface area contributed by atoms with Gasteiger partial charge in [-0.15, -0.1) is 0 Å². The minimum absolute atomic E-state index is 0.384. The normalized spacial score (nSPS) is 16.6. The lowest BCUT2D eigenvalue weighted by Crippen LogP contribution is -2.41. The Bertz CT molecular complexity index is 882. The van der Waals surface area contributed by atoms with Gasteiger partial charge in [-0.1, -0.05) is 49.7 Å². The molecule has 2 aromatic carbocycles. The smallest absolute Gasteiger partial charge is 0.291 e. The van der Waals surface area contributed by atoms with Crippen molar-refractivity contribution in [2.45, 2.75) is 52.1 Å². The summed E-state index contributed by atoms with van der Waals surface area (Å²) in [5, 5.41) is 0. The Labute approximate surface area is 160 Å². The van der Waals surface area contributed by atoms with E-state index in [4.69, 9.17) is 0 Å². The van der Waals surface area contributed by atoms with Crippen LogP contribution in [0.5, 0.6) is 0 Å². The summed E-state index contributed by atoms with van der Waals surface area (Å²) >= 11 is 0. The average Bonchev–Trinajstić information content (AvgIpc) is 3.46. The number of carbonyl (C=O) groups is 2. The lowest BCUT2D eigenvalue weighted by molar-refractivity contribution is -0.114. The van der Waals surface area contributed by atoms with Crippen molar-refractivity contribution in [3.8, 4) is 0 Å². The van der Waals surface area contributed by atoms with Gasteiger partial charge in [-0.05, 0) is 48.9 Å². The Hall–Kier alpha value is -2.46. The summed E-state index contributed by atoms with van der Waals surface area (Å²) in [5.41, 5.74) is 4.87. The standard InChI is InChI=1S/C23H26N2O2/c1-15(2)18-7-5-17(6-8-18)13-24(19-9-10-19)14-25-21-11-4-16(3)12-20(21)22(26)23(25)27/h4-8,11-12,15,19H,9-10,13-14H2,1-3H3. The fraction of sp³-hybridized carbons (Fsp3) is 0.391. The van der Waals surface area contributed by atoms with E-state index in [1.165, 1.54) is 11.1 Å². The van der Waals surface area contributed by atoms with Gasteiger partial charge in [0.25, 0.3) is 5.78 Å². The van der Waals surface area contributed by atoms with E-state index >= 15 is 0 Å². The highest BCUT2D eigenvalue weighted by molar-refractivity contribution is 6.52. The molecule has 0 radical (unpaired) electrons. The predicted molar refractivity (Wildman–Crippen MR) is 107 cm³/mol. The van der Waals surface area contributed by atoms with Crippen LogP contribution in [0, 0.1) is 6.92 Å². The van der Waals surface area contributed by atoms with Crippen molar-refractivity contribution in [3.05, 3.63) is 64.7 Å². The first-order chi connectivity index (χ1) is 12.9. The van der Waals surface area contributed by atoms with E-state index in [1.807, 2.05) is 25.1 Å². The quantitative estimate of drug-likeness (QED) is 0.721. The minimum Gasteiger partial charge on any atom is -0.291 e. The summed E-state index contributed by atoms with van der Waals surface area (Å²) in [6.07, 6.45) is 2.31. The van der Waals surface area contributed by atoms with Crippen molar-refractivity contribution < 1.29 is 9.59 Å². The first-order valence-electron chi connectivity index (χ1n) is 9.74. The summed E-state index contributed by atoms with van der Waals surface area (Å²) in [7, 11) is 0. The van der Waals surface area contributed by atoms with Crippen molar-refractivity contribution >= 4 is 17.4 Å². The van der Waals surface area contributed by atoms with Gasteiger partial charge >= 0.3 is 5.91 Å². The van der Waals surface area contributed by atoms with Crippen molar-refractivity contribution in [2.75, 3.05) is 11.6 Å². The van der Waals surface area contributed by atoms with Crippen LogP contribution >= 0.6 is 0 Å². The molecule has 2 aromatic rings. The zero-order chi connectivity index (χ0) is 19.1. The molecule has 0 spiro atoms. The molecule has 0 N–H and O–H groups in total. The van der Waals surface area contributed by atoms with E-state index in [9.17, 15) is 9.59 Å². The third-order valence-electron chi connectivity index (χ3n) is 5.55. The van der Waals surface area contributed by atoms with E-state index in [0.29, 0.717) is 24.2 Å². The Morgan fingerprint density at radius 1 is 1.07 bits per heavy atom. The highest BCUT2D eigenvalue weighted by atomic mass is 16.2. The number of anilines is 1. The fourth-order valence-corrected chi connectivity index (χ4v) is 3.71. The lowest BCUT2D eigenvalue weighted by atomic mass is 10.0. The molecular formula is C23H26N2O2. The molecule has 1 heterocycles. The second-order valence-corrected chi connectivity index (χ2v) is 8.10. The summed E-state index contributed by atoms with van der Waals surface area (Å²) < 4.78 is 0. The van der Waals surface area contributed by atoms with Crippen LogP contribution in [-0.4, -0.2) is 29.3 Å². The number of ketones is 1. The van der Waals surface area contributed by atoms with Crippen molar-refractivity contribution in [2.24, 2.45) is 0 Å². The summed E-state index contributed by atoms with van der Waals surface area (Å²) in [6.45, 7) is 7.60. The van der Waals surface area contributed by atoms with E-state index in [1.54, 1.807) is 4.90 Å². The Morgan fingerprint density at radius 2 is 1.78 bits per heavy atom. The molecule has 27 heavy (non-hydrogen) atoms. The number of benzene rings is 2. The molecule has 4 rings (SSSR count). The van der Waals surface area contributed by atoms with Gasteiger partial charge in [-0.25, -0.2) is 0 Å². The maximum absolute atomic E-state index is 12.6. The molecule has 1 aliphatic heterocycles. The average molecular weight is 362 g/mol. The molecule has 0 aromatic heterocycles. The Balaban J connectivity index is 1.54. The molecule has 0 bridgehead atoms. The van der Waals surface area contributed by atoms with Crippen LogP contribution in [0.25, 0.3) is 0 Å². The number of fused-ring (bicyclic) bond motifs is 1. The topological polar surface area (TPSA) is 40.6 Å². The molecule has 140 valence electrons. The van der Waals surface area contributed by atoms with Crippen LogP contribution in [0.1, 0.15) is 59.7 Å². The molecule has 4 heteroatoms.